The number of nitrogens with zero attached hydrogens (tertiary/aromatic N) is 3. The largest absolute Gasteiger partial charge is 0.369 e. The zero-order valence-corrected chi connectivity index (χ0v) is 23.5. The van der Waals surface area contributed by atoms with E-state index in [4.69, 9.17) is 23.2 Å². The fourth-order valence-electron chi connectivity index (χ4n) is 4.36. The molecule has 0 unspecified atom stereocenters. The summed E-state index contributed by atoms with van der Waals surface area (Å²) in [6.07, 6.45) is 0. The van der Waals surface area contributed by atoms with E-state index < -0.39 is 10.0 Å². The van der Waals surface area contributed by atoms with E-state index in [-0.39, 0.29) is 10.8 Å². The highest BCUT2D eigenvalue weighted by atomic mass is 35.5. The molecule has 1 fully saturated rings. The Kier molecular flexibility index (Phi) is 7.74. The molecule has 196 valence electrons. The molecule has 1 aliphatic heterocycles. The molecule has 1 amide bonds. The maximum absolute atomic E-state index is 13.3. The standard InChI is InChI=1S/C27H24Cl2N4O3S2/c1-18-30-26(17-37-18)24-4-2-3-5-25(24)27(34)31-21-6-8-23(9-7-21)38(35,36)33-12-10-32(11-13-33)22-15-19(28)14-20(29)16-22/h2-9,14-17H,10-13H2,1H3,(H,31,34). The van der Waals surface area contributed by atoms with Crippen LogP contribution >= 0.6 is 34.5 Å². The Morgan fingerprint density at radius 3 is 2.24 bits per heavy atom. The van der Waals surface area contributed by atoms with Crippen LogP contribution in [-0.2, 0) is 10.0 Å². The van der Waals surface area contributed by atoms with Gasteiger partial charge in [0.15, 0.2) is 0 Å². The number of carbonyl (C=O) groups excluding carboxylic acids is 1. The van der Waals surface area contributed by atoms with Gasteiger partial charge in [-0.05, 0) is 55.5 Å². The van der Waals surface area contributed by atoms with Gasteiger partial charge in [0.2, 0.25) is 10.0 Å². The van der Waals surface area contributed by atoms with Crippen LogP contribution in [0.1, 0.15) is 15.4 Å². The molecule has 4 aromatic rings. The maximum Gasteiger partial charge on any atom is 0.256 e. The number of rotatable bonds is 6. The van der Waals surface area contributed by atoms with Crippen LogP contribution < -0.4 is 10.2 Å². The number of carbonyl (C=O) groups is 1. The second-order valence-corrected chi connectivity index (χ2v) is 12.7. The minimum atomic E-state index is -3.69. The number of aromatic nitrogens is 1. The third-order valence-corrected chi connectivity index (χ3v) is 9.39. The van der Waals surface area contributed by atoms with Gasteiger partial charge in [0, 0.05) is 64.1 Å². The first-order valence-corrected chi connectivity index (χ1v) is 14.9. The van der Waals surface area contributed by atoms with E-state index in [0.717, 1.165) is 22.0 Å². The lowest BCUT2D eigenvalue weighted by molar-refractivity contribution is 0.102. The fraction of sp³-hybridized carbons (Fsp3) is 0.185. The predicted octanol–water partition coefficient (Wildman–Crippen LogP) is 6.19. The van der Waals surface area contributed by atoms with Gasteiger partial charge in [-0.2, -0.15) is 4.31 Å². The highest BCUT2D eigenvalue weighted by Crippen LogP contribution is 2.29. The lowest BCUT2D eigenvalue weighted by Crippen LogP contribution is -2.48. The number of anilines is 2. The topological polar surface area (TPSA) is 82.6 Å². The van der Waals surface area contributed by atoms with Gasteiger partial charge in [0.25, 0.3) is 5.91 Å². The van der Waals surface area contributed by atoms with Crippen molar-refractivity contribution in [1.82, 2.24) is 9.29 Å². The number of hydrogen-bond acceptors (Lipinski definition) is 6. The molecule has 0 saturated carbocycles. The van der Waals surface area contributed by atoms with Crippen molar-refractivity contribution in [3.63, 3.8) is 0 Å². The second-order valence-electron chi connectivity index (χ2n) is 8.79. The van der Waals surface area contributed by atoms with Crippen molar-refractivity contribution in [3.8, 4) is 11.3 Å². The summed E-state index contributed by atoms with van der Waals surface area (Å²) in [5.74, 6) is -0.292. The van der Waals surface area contributed by atoms with Gasteiger partial charge >= 0.3 is 0 Å². The Balaban J connectivity index is 1.26. The average Bonchev–Trinajstić information content (AvgIpc) is 3.34. The number of amides is 1. The van der Waals surface area contributed by atoms with Crippen LogP contribution in [0, 0.1) is 6.92 Å². The normalized spacial score (nSPS) is 14.4. The molecule has 0 atom stereocenters. The molecule has 0 radical (unpaired) electrons. The zero-order chi connectivity index (χ0) is 26.9. The smallest absolute Gasteiger partial charge is 0.256 e. The Labute approximate surface area is 235 Å². The molecular weight excluding hydrogens is 563 g/mol. The molecule has 0 spiro atoms. The number of thiazole rings is 1. The van der Waals surface area contributed by atoms with Crippen molar-refractivity contribution in [2.45, 2.75) is 11.8 Å². The first kappa shape index (κ1) is 26.6. The van der Waals surface area contributed by atoms with E-state index in [1.807, 2.05) is 36.6 Å². The predicted molar refractivity (Wildman–Crippen MR) is 154 cm³/mol. The van der Waals surface area contributed by atoms with Crippen molar-refractivity contribution >= 4 is 61.8 Å². The summed E-state index contributed by atoms with van der Waals surface area (Å²) >= 11 is 13.8. The highest BCUT2D eigenvalue weighted by molar-refractivity contribution is 7.89. The van der Waals surface area contributed by atoms with E-state index in [2.05, 4.69) is 15.2 Å². The van der Waals surface area contributed by atoms with E-state index in [1.54, 1.807) is 30.3 Å². The second kappa shape index (κ2) is 11.0. The highest BCUT2D eigenvalue weighted by Gasteiger charge is 2.29. The van der Waals surface area contributed by atoms with E-state index in [0.29, 0.717) is 47.5 Å². The number of sulfonamides is 1. The zero-order valence-electron chi connectivity index (χ0n) is 20.4. The molecule has 2 heterocycles. The van der Waals surface area contributed by atoms with Gasteiger partial charge in [-0.1, -0.05) is 41.4 Å². The molecule has 38 heavy (non-hydrogen) atoms. The third kappa shape index (κ3) is 5.72. The summed E-state index contributed by atoms with van der Waals surface area (Å²) in [4.78, 5) is 19.8. The minimum absolute atomic E-state index is 0.174. The molecule has 7 nitrogen and oxygen atoms in total. The number of hydrogen-bond donors (Lipinski definition) is 1. The van der Waals surface area contributed by atoms with Crippen LogP contribution in [0.4, 0.5) is 11.4 Å². The lowest BCUT2D eigenvalue weighted by Gasteiger charge is -2.35. The first-order chi connectivity index (χ1) is 18.2. The summed E-state index contributed by atoms with van der Waals surface area (Å²) in [6.45, 7) is 3.61. The molecular formula is C27H24Cl2N4O3S2. The van der Waals surface area contributed by atoms with Crippen LogP contribution in [0.5, 0.6) is 0 Å². The van der Waals surface area contributed by atoms with E-state index >= 15 is 0 Å². The van der Waals surface area contributed by atoms with Gasteiger partial charge < -0.3 is 10.2 Å². The summed E-state index contributed by atoms with van der Waals surface area (Å²) in [7, 11) is -3.69. The fourth-order valence-corrected chi connectivity index (χ4v) is 6.91. The van der Waals surface area contributed by atoms with Gasteiger partial charge in [-0.15, -0.1) is 11.3 Å². The summed E-state index contributed by atoms with van der Waals surface area (Å²) in [6, 6.07) is 18.8. The van der Waals surface area contributed by atoms with Crippen molar-refractivity contribution in [3.05, 3.63) is 92.7 Å². The molecule has 3 aromatic carbocycles. The number of aryl methyl sites for hydroxylation is 1. The molecule has 1 N–H and O–H groups in total. The van der Waals surface area contributed by atoms with Crippen LogP contribution in [0.3, 0.4) is 0 Å². The van der Waals surface area contributed by atoms with Crippen molar-refractivity contribution < 1.29 is 13.2 Å². The molecule has 1 aromatic heterocycles. The molecule has 5 rings (SSSR count). The summed E-state index contributed by atoms with van der Waals surface area (Å²) in [5, 5.41) is 6.78. The van der Waals surface area contributed by atoms with Crippen LogP contribution in [0.2, 0.25) is 10.0 Å². The van der Waals surface area contributed by atoms with Crippen LogP contribution in [0.25, 0.3) is 11.3 Å². The van der Waals surface area contributed by atoms with Crippen molar-refractivity contribution in [2.24, 2.45) is 0 Å². The number of benzene rings is 3. The molecule has 1 aliphatic rings. The number of piperazine rings is 1. The van der Waals surface area contributed by atoms with Gasteiger partial charge in [-0.25, -0.2) is 13.4 Å². The molecule has 1 saturated heterocycles. The Morgan fingerprint density at radius 1 is 0.947 bits per heavy atom. The number of nitrogens with one attached hydrogen (secondary N) is 1. The molecule has 11 heteroatoms. The van der Waals surface area contributed by atoms with E-state index in [1.165, 1.54) is 27.8 Å². The molecule has 0 bridgehead atoms. The molecule has 0 aliphatic carbocycles. The van der Waals surface area contributed by atoms with Crippen LogP contribution in [-0.4, -0.2) is 49.8 Å². The average molecular weight is 588 g/mol. The van der Waals surface area contributed by atoms with E-state index in [9.17, 15) is 13.2 Å². The van der Waals surface area contributed by atoms with Gasteiger partial charge in [0.1, 0.15) is 0 Å². The number of halogens is 2. The first-order valence-electron chi connectivity index (χ1n) is 11.8. The summed E-state index contributed by atoms with van der Waals surface area (Å²) < 4.78 is 28.0. The Hall–Kier alpha value is -2.95. The minimum Gasteiger partial charge on any atom is -0.369 e. The van der Waals surface area contributed by atoms with Gasteiger partial charge in [0.05, 0.1) is 15.6 Å². The monoisotopic (exact) mass is 586 g/mol. The quantitative estimate of drug-likeness (QED) is 0.291. The van der Waals surface area contributed by atoms with Crippen LogP contribution in [0.15, 0.2) is 77.0 Å². The van der Waals surface area contributed by atoms with Gasteiger partial charge in [-0.3, -0.25) is 4.79 Å². The SMILES string of the molecule is Cc1nc(-c2ccccc2C(=O)Nc2ccc(S(=O)(=O)N3CCN(c4cc(Cl)cc(Cl)c4)CC3)cc2)cs1. The Bertz CT molecular complexity index is 1560. The lowest BCUT2D eigenvalue weighted by atomic mass is 10.0. The third-order valence-electron chi connectivity index (χ3n) is 6.27. The van der Waals surface area contributed by atoms with Crippen molar-refractivity contribution in [1.29, 1.82) is 0 Å². The maximum atomic E-state index is 13.3. The van der Waals surface area contributed by atoms with Crippen molar-refractivity contribution in [2.75, 3.05) is 36.4 Å². The Morgan fingerprint density at radius 2 is 1.61 bits per heavy atom. The summed E-state index contributed by atoms with van der Waals surface area (Å²) in [5.41, 5.74) is 3.35.